The Kier molecular flexibility index (Phi) is 4.37. The molecule has 6 nitrogen and oxygen atoms in total. The van der Waals surface area contributed by atoms with Crippen LogP contribution in [0.4, 0.5) is 17.3 Å². The van der Waals surface area contributed by atoms with Crippen molar-refractivity contribution in [3.63, 3.8) is 0 Å². The molecule has 0 fully saturated rings. The number of nitrogens with one attached hydrogen (secondary N) is 1. The smallest absolute Gasteiger partial charge is 0.276 e. The second kappa shape index (κ2) is 6.21. The quantitative estimate of drug-likeness (QED) is 0.676. The first kappa shape index (κ1) is 14.8. The van der Waals surface area contributed by atoms with Crippen molar-refractivity contribution in [3.05, 3.63) is 57.6 Å². The summed E-state index contributed by atoms with van der Waals surface area (Å²) in [5.41, 5.74) is 2.36. The molecule has 1 heterocycles. The summed E-state index contributed by atoms with van der Waals surface area (Å²) in [7, 11) is 3.56. The van der Waals surface area contributed by atoms with Crippen molar-refractivity contribution in [1.29, 1.82) is 0 Å². The number of anilines is 2. The van der Waals surface area contributed by atoms with Gasteiger partial charge in [0.25, 0.3) is 5.69 Å². The lowest BCUT2D eigenvalue weighted by Gasteiger charge is -2.19. The van der Waals surface area contributed by atoms with Crippen LogP contribution < -0.4 is 10.2 Å². The molecule has 0 spiro atoms. The molecule has 0 saturated carbocycles. The van der Waals surface area contributed by atoms with Gasteiger partial charge in [0.15, 0.2) is 0 Å². The van der Waals surface area contributed by atoms with Gasteiger partial charge in [-0.05, 0) is 12.5 Å². The highest BCUT2D eigenvalue weighted by Crippen LogP contribution is 2.23. The minimum atomic E-state index is -0.411. The van der Waals surface area contributed by atoms with Crippen LogP contribution in [0, 0.1) is 17.0 Å². The number of pyridine rings is 1. The van der Waals surface area contributed by atoms with E-state index in [0.717, 1.165) is 5.56 Å². The highest BCUT2D eigenvalue weighted by molar-refractivity contribution is 5.55. The van der Waals surface area contributed by atoms with Crippen molar-refractivity contribution in [3.8, 4) is 0 Å². The largest absolute Gasteiger partial charge is 0.373 e. The zero-order valence-corrected chi connectivity index (χ0v) is 12.3. The number of nitro groups is 1. The van der Waals surface area contributed by atoms with Gasteiger partial charge < -0.3 is 10.2 Å². The molecular weight excluding hydrogens is 268 g/mol. The van der Waals surface area contributed by atoms with Crippen molar-refractivity contribution in [2.24, 2.45) is 0 Å². The van der Waals surface area contributed by atoms with Crippen molar-refractivity contribution in [1.82, 2.24) is 4.98 Å². The van der Waals surface area contributed by atoms with Crippen molar-refractivity contribution in [2.45, 2.75) is 13.5 Å². The molecule has 1 aromatic carbocycles. The first-order valence-electron chi connectivity index (χ1n) is 6.60. The van der Waals surface area contributed by atoms with Crippen LogP contribution in [0.15, 0.2) is 36.4 Å². The molecule has 110 valence electrons. The summed E-state index contributed by atoms with van der Waals surface area (Å²) in [5.74, 6) is 1.05. The fourth-order valence-corrected chi connectivity index (χ4v) is 1.98. The second-order valence-corrected chi connectivity index (χ2v) is 4.92. The molecule has 2 aromatic rings. The second-order valence-electron chi connectivity index (χ2n) is 4.92. The van der Waals surface area contributed by atoms with Crippen LogP contribution in [-0.2, 0) is 6.54 Å². The van der Waals surface area contributed by atoms with E-state index in [4.69, 9.17) is 0 Å². The Morgan fingerprint density at radius 2 is 1.95 bits per heavy atom. The van der Waals surface area contributed by atoms with Gasteiger partial charge >= 0.3 is 0 Å². The lowest BCUT2D eigenvalue weighted by molar-refractivity contribution is -0.384. The zero-order chi connectivity index (χ0) is 15.4. The molecular formula is C15H18N4O2. The van der Waals surface area contributed by atoms with Crippen molar-refractivity contribution in [2.75, 3.05) is 24.3 Å². The van der Waals surface area contributed by atoms with Crippen LogP contribution in [0.2, 0.25) is 0 Å². The van der Waals surface area contributed by atoms with Gasteiger partial charge in [-0.1, -0.05) is 29.8 Å². The van der Waals surface area contributed by atoms with Gasteiger partial charge in [-0.25, -0.2) is 4.98 Å². The zero-order valence-electron chi connectivity index (χ0n) is 12.3. The summed E-state index contributed by atoms with van der Waals surface area (Å²) in [6.07, 6.45) is 0. The van der Waals surface area contributed by atoms with Crippen LogP contribution in [-0.4, -0.2) is 24.0 Å². The van der Waals surface area contributed by atoms with Gasteiger partial charge in [0.2, 0.25) is 0 Å². The Morgan fingerprint density at radius 1 is 1.29 bits per heavy atom. The van der Waals surface area contributed by atoms with Crippen LogP contribution in [0.5, 0.6) is 0 Å². The monoisotopic (exact) mass is 286 g/mol. The molecule has 1 aromatic heterocycles. The lowest BCUT2D eigenvalue weighted by atomic mass is 10.1. The molecule has 2 rings (SSSR count). The maximum absolute atomic E-state index is 11.0. The third kappa shape index (κ3) is 3.68. The minimum absolute atomic E-state index is 0.0279. The number of hydrogen-bond donors (Lipinski definition) is 1. The third-order valence-corrected chi connectivity index (χ3v) is 3.19. The van der Waals surface area contributed by atoms with Crippen molar-refractivity contribution >= 4 is 17.3 Å². The standard InChI is InChI=1S/C15H18N4O2/c1-11-4-6-12(7-5-11)10-18(3)15-9-13(19(20)21)8-14(16-2)17-15/h4-9H,10H2,1-3H3,(H,16,17). The SMILES string of the molecule is CNc1cc([N+](=O)[O-])cc(N(C)Cc2ccc(C)cc2)n1. The molecule has 0 amide bonds. The Morgan fingerprint density at radius 3 is 2.52 bits per heavy atom. The lowest BCUT2D eigenvalue weighted by Crippen LogP contribution is -2.18. The van der Waals surface area contributed by atoms with E-state index >= 15 is 0 Å². The van der Waals surface area contributed by atoms with E-state index in [-0.39, 0.29) is 5.69 Å². The number of rotatable bonds is 5. The Bertz CT molecular complexity index is 641. The molecule has 1 N–H and O–H groups in total. The molecule has 0 radical (unpaired) electrons. The molecule has 0 saturated heterocycles. The number of aromatic nitrogens is 1. The molecule has 0 atom stereocenters. The van der Waals surface area contributed by atoms with Gasteiger partial charge in [-0.2, -0.15) is 0 Å². The van der Waals surface area contributed by atoms with E-state index in [9.17, 15) is 10.1 Å². The summed E-state index contributed by atoms with van der Waals surface area (Å²) < 4.78 is 0. The average Bonchev–Trinajstić information content (AvgIpc) is 2.49. The first-order chi connectivity index (χ1) is 9.99. The maximum atomic E-state index is 11.0. The molecule has 0 unspecified atom stereocenters. The van der Waals surface area contributed by atoms with E-state index in [1.807, 2.05) is 43.1 Å². The van der Waals surface area contributed by atoms with Crippen LogP contribution in [0.3, 0.4) is 0 Å². The number of benzene rings is 1. The normalized spacial score (nSPS) is 10.2. The Labute approximate surface area is 123 Å². The van der Waals surface area contributed by atoms with Gasteiger partial charge in [0.05, 0.1) is 17.1 Å². The highest BCUT2D eigenvalue weighted by Gasteiger charge is 2.13. The van der Waals surface area contributed by atoms with Gasteiger partial charge in [-0.15, -0.1) is 0 Å². The summed E-state index contributed by atoms with van der Waals surface area (Å²) in [4.78, 5) is 16.8. The topological polar surface area (TPSA) is 71.3 Å². The fourth-order valence-electron chi connectivity index (χ4n) is 1.98. The van der Waals surface area contributed by atoms with Gasteiger partial charge in [-0.3, -0.25) is 10.1 Å². The number of hydrogen-bond acceptors (Lipinski definition) is 5. The summed E-state index contributed by atoms with van der Waals surface area (Å²) in [5, 5.41) is 13.8. The summed E-state index contributed by atoms with van der Waals surface area (Å²) in [6, 6.07) is 11.1. The van der Waals surface area contributed by atoms with Crippen molar-refractivity contribution < 1.29 is 4.92 Å². The number of nitrogens with zero attached hydrogens (tertiary/aromatic N) is 3. The van der Waals surface area contributed by atoms with E-state index in [0.29, 0.717) is 18.2 Å². The fraction of sp³-hybridized carbons (Fsp3) is 0.267. The molecule has 0 aliphatic heterocycles. The summed E-state index contributed by atoms with van der Waals surface area (Å²) >= 11 is 0. The van der Waals surface area contributed by atoms with Crippen LogP contribution >= 0.6 is 0 Å². The van der Waals surface area contributed by atoms with E-state index < -0.39 is 4.92 Å². The van der Waals surface area contributed by atoms with Gasteiger partial charge in [0, 0.05) is 20.6 Å². The summed E-state index contributed by atoms with van der Waals surface area (Å²) in [6.45, 7) is 2.67. The predicted molar refractivity (Wildman–Crippen MR) is 83.7 cm³/mol. The minimum Gasteiger partial charge on any atom is -0.373 e. The van der Waals surface area contributed by atoms with Gasteiger partial charge in [0.1, 0.15) is 11.6 Å². The van der Waals surface area contributed by atoms with E-state index in [1.54, 1.807) is 7.05 Å². The Balaban J connectivity index is 2.25. The molecule has 0 bridgehead atoms. The molecule has 21 heavy (non-hydrogen) atoms. The van der Waals surface area contributed by atoms with E-state index in [2.05, 4.69) is 10.3 Å². The van der Waals surface area contributed by atoms with Crippen LogP contribution in [0.1, 0.15) is 11.1 Å². The third-order valence-electron chi connectivity index (χ3n) is 3.19. The highest BCUT2D eigenvalue weighted by atomic mass is 16.6. The molecule has 0 aliphatic carbocycles. The van der Waals surface area contributed by atoms with Crippen LogP contribution in [0.25, 0.3) is 0 Å². The molecule has 0 aliphatic rings. The first-order valence-corrected chi connectivity index (χ1v) is 6.60. The molecule has 6 heteroatoms. The predicted octanol–water partition coefficient (Wildman–Crippen LogP) is 2.98. The Hall–Kier alpha value is -2.63. The van der Waals surface area contributed by atoms with E-state index in [1.165, 1.54) is 17.7 Å². The average molecular weight is 286 g/mol. The number of aryl methyl sites for hydroxylation is 1. The maximum Gasteiger partial charge on any atom is 0.276 e.